The molecule has 23 nitrogen and oxygen atoms in total. The molecule has 0 radical (unpaired) electrons. The number of carbonyl (C=O) groups excluding carboxylic acids is 8. The zero-order valence-corrected chi connectivity index (χ0v) is 49.7. The predicted octanol–water partition coefficient (Wildman–Crippen LogP) is 5.49. The summed E-state index contributed by atoms with van der Waals surface area (Å²) in [5, 5.41) is 7.43. The number of nitrogens with one attached hydrogen (secondary N) is 1. The van der Waals surface area contributed by atoms with Crippen LogP contribution in [0.15, 0.2) is 97.3 Å². The summed E-state index contributed by atoms with van der Waals surface area (Å²) in [5.41, 5.74) is 5.36. The highest BCUT2D eigenvalue weighted by atomic mass is 19.1. The van der Waals surface area contributed by atoms with Crippen molar-refractivity contribution in [1.29, 1.82) is 0 Å². The summed E-state index contributed by atoms with van der Waals surface area (Å²) in [6.07, 6.45) is 1.59. The number of nitrogens with zero attached hydrogens (tertiary/aromatic N) is 10. The van der Waals surface area contributed by atoms with Gasteiger partial charge in [0, 0.05) is 114 Å². The van der Waals surface area contributed by atoms with Crippen molar-refractivity contribution in [2.45, 2.75) is 38.5 Å². The number of hydrogen-bond acceptors (Lipinski definition) is 14. The molecule has 1 fully saturated rings. The van der Waals surface area contributed by atoms with Crippen LogP contribution in [0.2, 0.25) is 0 Å². The minimum absolute atomic E-state index is 0.0155. The highest BCUT2D eigenvalue weighted by Crippen LogP contribution is 2.48. The molecule has 4 heterocycles. The number of benzene rings is 4. The predicted molar refractivity (Wildman–Crippen MR) is 313 cm³/mol. The molecule has 1 N–H and O–H groups in total. The third-order valence-electron chi connectivity index (χ3n) is 15.4. The van der Waals surface area contributed by atoms with Crippen molar-refractivity contribution in [3.8, 4) is 50.7 Å². The first-order chi connectivity index (χ1) is 41.4. The second-order valence-electron chi connectivity index (χ2n) is 22.2. The number of ether oxygens (including phenoxy) is 4. The summed E-state index contributed by atoms with van der Waals surface area (Å²) in [7, 11) is 9.90. The van der Waals surface area contributed by atoms with E-state index >= 15 is 0 Å². The normalized spacial score (nSPS) is 13.6. The van der Waals surface area contributed by atoms with Gasteiger partial charge in [0.25, 0.3) is 5.91 Å². The molecule has 3 aliphatic rings. The van der Waals surface area contributed by atoms with Crippen molar-refractivity contribution in [1.82, 2.24) is 49.1 Å². The van der Waals surface area contributed by atoms with Crippen LogP contribution in [-0.4, -0.2) is 210 Å². The number of pyridine rings is 1. The molecule has 0 saturated carbocycles. The molecule has 2 aromatic heterocycles. The average Bonchev–Trinajstić information content (AvgIpc) is 1.68. The van der Waals surface area contributed by atoms with Gasteiger partial charge in [-0.3, -0.25) is 38.5 Å². The Labute approximate surface area is 500 Å². The molecule has 0 atom stereocenters. The fourth-order valence-electron chi connectivity index (χ4n) is 10.4. The van der Waals surface area contributed by atoms with Crippen LogP contribution in [0, 0.1) is 11.6 Å². The molecule has 25 heteroatoms. The van der Waals surface area contributed by atoms with Crippen molar-refractivity contribution < 1.29 is 66.1 Å². The van der Waals surface area contributed by atoms with Gasteiger partial charge < -0.3 is 58.6 Å². The first-order valence-electron chi connectivity index (χ1n) is 27.8. The van der Waals surface area contributed by atoms with E-state index in [0.29, 0.717) is 46.1 Å². The maximum absolute atomic E-state index is 14.8. The largest absolute Gasteiger partial charge is 0.496 e. The van der Waals surface area contributed by atoms with Crippen molar-refractivity contribution in [3.05, 3.63) is 131 Å². The van der Waals surface area contributed by atoms with Gasteiger partial charge >= 0.3 is 6.09 Å². The number of likely N-dealkylation sites (N-methyl/N-ethyl adjacent to an activating group) is 5. The third-order valence-corrected chi connectivity index (χ3v) is 15.4. The minimum Gasteiger partial charge on any atom is -0.496 e. The number of anilines is 1. The fourth-order valence-corrected chi connectivity index (χ4v) is 10.4. The monoisotopic (exact) mass is 1200 g/mol. The highest BCUT2D eigenvalue weighted by Gasteiger charge is 2.40. The number of hydrogen-bond donors (Lipinski definition) is 1. The molecule has 9 rings (SSSR count). The van der Waals surface area contributed by atoms with Gasteiger partial charge in [-0.15, -0.1) is 0 Å². The molecular formula is C62H67F2N11O12. The lowest BCUT2D eigenvalue weighted by molar-refractivity contribution is -0.145. The van der Waals surface area contributed by atoms with Gasteiger partial charge in [-0.25, -0.2) is 18.3 Å². The maximum atomic E-state index is 14.8. The van der Waals surface area contributed by atoms with Crippen molar-refractivity contribution in [3.63, 3.8) is 0 Å². The van der Waals surface area contributed by atoms with Crippen LogP contribution >= 0.6 is 0 Å². The number of rotatable bonds is 19. The fraction of sp³-hybridized carbons (Fsp3) is 0.355. The smallest absolute Gasteiger partial charge is 0.410 e. The Morgan fingerprint density at radius 3 is 1.82 bits per heavy atom. The van der Waals surface area contributed by atoms with E-state index < -0.39 is 96.9 Å². The van der Waals surface area contributed by atoms with Crippen LogP contribution < -0.4 is 14.8 Å². The number of fused-ring (bicyclic) bond motifs is 6. The van der Waals surface area contributed by atoms with E-state index in [9.17, 15) is 47.1 Å². The van der Waals surface area contributed by atoms with Gasteiger partial charge in [0.05, 0.1) is 81.9 Å². The Bertz CT molecular complexity index is 3640. The van der Waals surface area contributed by atoms with E-state index in [0.717, 1.165) is 60.1 Å². The van der Waals surface area contributed by atoms with Gasteiger partial charge in [0.15, 0.2) is 11.8 Å². The van der Waals surface area contributed by atoms with E-state index in [1.165, 1.54) is 76.3 Å². The Kier molecular flexibility index (Phi) is 18.3. The van der Waals surface area contributed by atoms with E-state index in [1.54, 1.807) is 23.1 Å². The zero-order valence-electron chi connectivity index (χ0n) is 49.7. The van der Waals surface area contributed by atoms with E-state index in [4.69, 9.17) is 24.0 Å². The SMILES string of the molecule is COc1cc2c(cc1-c1cncc(NC(=O)CN(C)C(=O)CN(C)C(=O)CN(C)C(=O)CN(C)C(=O)CN(C)C(=O)CCN(C)C(=O)OC3c4ccccc4-c4ccccc43)c1)-c1c(c(C(=O)N3CCOCC3(C)C)nn1-c1cc(F)cc(F)c1)CO2. The number of morpholine rings is 1. The van der Waals surface area contributed by atoms with E-state index in [2.05, 4.69) is 10.3 Å². The molecule has 0 spiro atoms. The van der Waals surface area contributed by atoms with Crippen LogP contribution in [0.1, 0.15) is 53.6 Å². The van der Waals surface area contributed by atoms with Crippen molar-refractivity contribution in [2.24, 2.45) is 0 Å². The van der Waals surface area contributed by atoms with Crippen molar-refractivity contribution in [2.75, 3.05) is 114 Å². The summed E-state index contributed by atoms with van der Waals surface area (Å²) in [5.74, 6) is -4.85. The van der Waals surface area contributed by atoms with Crippen LogP contribution in [0.3, 0.4) is 0 Å². The molecule has 456 valence electrons. The highest BCUT2D eigenvalue weighted by molar-refractivity contribution is 5.99. The van der Waals surface area contributed by atoms with Gasteiger partial charge in [0.2, 0.25) is 35.4 Å². The number of halogens is 2. The van der Waals surface area contributed by atoms with Gasteiger partial charge in [0.1, 0.15) is 29.7 Å². The summed E-state index contributed by atoms with van der Waals surface area (Å²) in [6, 6.07) is 23.3. The minimum atomic E-state index is -0.856. The number of methoxy groups -OCH3 is 1. The van der Waals surface area contributed by atoms with Gasteiger partial charge in [-0.2, -0.15) is 5.10 Å². The molecule has 6 aromatic rings. The topological polar surface area (TPSA) is 239 Å². The molecule has 1 aliphatic carbocycles. The summed E-state index contributed by atoms with van der Waals surface area (Å²) >= 11 is 0. The Hall–Kier alpha value is -9.78. The molecule has 87 heavy (non-hydrogen) atoms. The standard InChI is InChI=1S/C62H67F2N11O12/c1-62(2)36-85-21-20-74(62)60(82)57-48-35-86-50-27-49(84-9)46(26-47(50)58(48)75(67-57)41-24-38(63)23-39(64)25-41)37-22-40(29-65-28-37)66-51(76)30-69(4)53(78)32-71(6)55(80)34-73(8)56(81)33-72(7)54(79)31-70(5)52(77)18-19-68(3)61(83)87-59-44-16-12-10-14-42(44)43-15-11-13-17-45(43)59/h10-17,22-29,59H,18-21,30-36H2,1-9H3,(H,66,76). The van der Waals surface area contributed by atoms with Crippen LogP contribution in [0.4, 0.5) is 19.3 Å². The van der Waals surface area contributed by atoms with Crippen LogP contribution in [-0.2, 0) is 44.8 Å². The Morgan fingerprint density at radius 2 is 1.24 bits per heavy atom. The second-order valence-corrected chi connectivity index (χ2v) is 22.2. The molecule has 4 aromatic carbocycles. The first-order valence-corrected chi connectivity index (χ1v) is 27.8. The molecule has 0 bridgehead atoms. The summed E-state index contributed by atoms with van der Waals surface area (Å²) in [4.78, 5) is 120. The molecule has 2 aliphatic heterocycles. The maximum Gasteiger partial charge on any atom is 0.410 e. The lowest BCUT2D eigenvalue weighted by Gasteiger charge is -2.41. The number of carbonyl (C=O) groups is 8. The number of amides is 8. The van der Waals surface area contributed by atoms with Gasteiger partial charge in [-0.1, -0.05) is 48.5 Å². The van der Waals surface area contributed by atoms with Gasteiger partial charge in [-0.05, 0) is 49.2 Å². The van der Waals surface area contributed by atoms with E-state index in [1.807, 2.05) is 62.4 Å². The Balaban J connectivity index is 0.755. The first kappa shape index (κ1) is 61.8. The molecule has 0 unspecified atom stereocenters. The Morgan fingerprint density at radius 1 is 0.678 bits per heavy atom. The lowest BCUT2D eigenvalue weighted by Crippen LogP contribution is -2.55. The number of aromatic nitrogens is 3. The van der Waals surface area contributed by atoms with E-state index in [-0.39, 0.29) is 56.3 Å². The summed E-state index contributed by atoms with van der Waals surface area (Å²) in [6.45, 7) is 2.42. The lowest BCUT2D eigenvalue weighted by atomic mass is 9.95. The third kappa shape index (κ3) is 13.5. The molecular weight excluding hydrogens is 1130 g/mol. The quantitative estimate of drug-likeness (QED) is 0.106. The van der Waals surface area contributed by atoms with Crippen LogP contribution in [0.25, 0.3) is 39.2 Å². The zero-order chi connectivity index (χ0) is 62.6. The van der Waals surface area contributed by atoms with Crippen molar-refractivity contribution >= 4 is 53.1 Å². The average molecular weight is 1200 g/mol. The van der Waals surface area contributed by atoms with Crippen LogP contribution in [0.5, 0.6) is 11.5 Å². The molecule has 1 saturated heterocycles. The molecule has 8 amide bonds. The summed E-state index contributed by atoms with van der Waals surface area (Å²) < 4.78 is 54.5. The second kappa shape index (κ2) is 25.8.